The highest BCUT2D eigenvalue weighted by Crippen LogP contribution is 2.32. The van der Waals surface area contributed by atoms with Crippen LogP contribution in [0.5, 0.6) is 11.5 Å². The van der Waals surface area contributed by atoms with E-state index in [1.54, 1.807) is 26.5 Å². The highest BCUT2D eigenvalue weighted by Gasteiger charge is 2.24. The lowest BCUT2D eigenvalue weighted by Gasteiger charge is -2.29. The Morgan fingerprint density at radius 2 is 1.93 bits per heavy atom. The van der Waals surface area contributed by atoms with E-state index >= 15 is 0 Å². The van der Waals surface area contributed by atoms with E-state index in [0.717, 1.165) is 29.9 Å². The molecule has 0 saturated heterocycles. The summed E-state index contributed by atoms with van der Waals surface area (Å²) < 4.78 is 10.6. The molecule has 6 nitrogen and oxygen atoms in total. The lowest BCUT2D eigenvalue weighted by Crippen LogP contribution is -2.35. The zero-order valence-electron chi connectivity index (χ0n) is 16.5. The summed E-state index contributed by atoms with van der Waals surface area (Å²) in [5.41, 5.74) is 4.17. The van der Waals surface area contributed by atoms with E-state index in [4.69, 9.17) is 9.47 Å². The maximum Gasteiger partial charge on any atom is 0.276 e. The number of nitrogens with one attached hydrogen (secondary N) is 1. The van der Waals surface area contributed by atoms with Crippen molar-refractivity contribution in [2.45, 2.75) is 12.8 Å². The van der Waals surface area contributed by atoms with Gasteiger partial charge in [-0.2, -0.15) is 0 Å². The second kappa shape index (κ2) is 8.22. The van der Waals surface area contributed by atoms with Gasteiger partial charge >= 0.3 is 0 Å². The minimum Gasteiger partial charge on any atom is -0.497 e. The summed E-state index contributed by atoms with van der Waals surface area (Å²) in [5, 5.41) is 3.27. The lowest BCUT2D eigenvalue weighted by atomic mass is 10.0. The number of amides is 1. The molecule has 3 aromatic rings. The summed E-state index contributed by atoms with van der Waals surface area (Å²) in [4.78, 5) is 19.2. The smallest absolute Gasteiger partial charge is 0.276 e. The predicted molar refractivity (Wildman–Crippen MR) is 114 cm³/mol. The first-order chi connectivity index (χ1) is 14.2. The number of rotatable bonds is 5. The van der Waals surface area contributed by atoms with Crippen LogP contribution < -0.4 is 19.7 Å². The third kappa shape index (κ3) is 3.87. The van der Waals surface area contributed by atoms with Crippen LogP contribution in [0.2, 0.25) is 0 Å². The molecule has 0 radical (unpaired) electrons. The number of anilines is 3. The van der Waals surface area contributed by atoms with Crippen LogP contribution in [0.25, 0.3) is 0 Å². The molecule has 1 amide bonds. The van der Waals surface area contributed by atoms with Gasteiger partial charge in [0.05, 0.1) is 31.8 Å². The number of benzene rings is 2. The number of methoxy groups -OCH3 is 2. The SMILES string of the molecule is COc1ccc(Nc2ccc(C(=O)N3CCCc4ccccc43)nc2)c(OC)c1. The normalized spacial score (nSPS) is 12.8. The fraction of sp³-hybridized carbons (Fsp3) is 0.217. The van der Waals surface area contributed by atoms with Gasteiger partial charge in [0, 0.05) is 18.3 Å². The summed E-state index contributed by atoms with van der Waals surface area (Å²) in [6.45, 7) is 0.709. The monoisotopic (exact) mass is 389 g/mol. The summed E-state index contributed by atoms with van der Waals surface area (Å²) in [7, 11) is 3.22. The first-order valence-corrected chi connectivity index (χ1v) is 9.54. The summed E-state index contributed by atoms with van der Waals surface area (Å²) in [6, 6.07) is 17.2. The molecule has 2 heterocycles. The zero-order valence-corrected chi connectivity index (χ0v) is 16.5. The zero-order chi connectivity index (χ0) is 20.2. The molecule has 2 aromatic carbocycles. The molecule has 0 atom stereocenters. The molecule has 1 N–H and O–H groups in total. The number of carbonyl (C=O) groups excluding carboxylic acids is 1. The molecule has 1 aliphatic heterocycles. The van der Waals surface area contributed by atoms with Crippen molar-refractivity contribution in [2.24, 2.45) is 0 Å². The van der Waals surface area contributed by atoms with Crippen LogP contribution in [0.3, 0.4) is 0 Å². The molecule has 0 aliphatic carbocycles. The third-order valence-electron chi connectivity index (χ3n) is 5.03. The topological polar surface area (TPSA) is 63.7 Å². The Kier molecular flexibility index (Phi) is 5.33. The largest absolute Gasteiger partial charge is 0.497 e. The van der Waals surface area contributed by atoms with Gasteiger partial charge in [-0.15, -0.1) is 0 Å². The molecular weight excluding hydrogens is 366 g/mol. The first-order valence-electron chi connectivity index (χ1n) is 9.54. The Labute approximate surface area is 170 Å². The van der Waals surface area contributed by atoms with E-state index in [0.29, 0.717) is 23.7 Å². The van der Waals surface area contributed by atoms with Crippen molar-refractivity contribution in [2.75, 3.05) is 31.0 Å². The van der Waals surface area contributed by atoms with Crippen LogP contribution in [-0.4, -0.2) is 31.7 Å². The van der Waals surface area contributed by atoms with Crippen molar-refractivity contribution in [3.63, 3.8) is 0 Å². The van der Waals surface area contributed by atoms with Crippen LogP contribution in [0.4, 0.5) is 17.1 Å². The van der Waals surface area contributed by atoms with Crippen molar-refractivity contribution in [3.05, 3.63) is 72.1 Å². The standard InChI is InChI=1S/C23H23N3O3/c1-28-18-10-12-19(22(14-18)29-2)25-17-9-11-20(24-15-17)23(27)26-13-5-7-16-6-3-4-8-21(16)26/h3-4,6,8-12,14-15,25H,5,7,13H2,1-2H3. The average molecular weight is 389 g/mol. The van der Waals surface area contributed by atoms with E-state index in [-0.39, 0.29) is 5.91 Å². The molecule has 29 heavy (non-hydrogen) atoms. The van der Waals surface area contributed by atoms with Gasteiger partial charge < -0.3 is 19.7 Å². The molecule has 4 rings (SSSR count). The van der Waals surface area contributed by atoms with E-state index in [9.17, 15) is 4.79 Å². The fourth-order valence-corrected chi connectivity index (χ4v) is 3.53. The second-order valence-electron chi connectivity index (χ2n) is 6.81. The van der Waals surface area contributed by atoms with Gasteiger partial charge in [0.25, 0.3) is 5.91 Å². The highest BCUT2D eigenvalue weighted by molar-refractivity contribution is 6.05. The molecule has 6 heteroatoms. The van der Waals surface area contributed by atoms with Crippen LogP contribution in [0.1, 0.15) is 22.5 Å². The van der Waals surface area contributed by atoms with Crippen LogP contribution >= 0.6 is 0 Å². The van der Waals surface area contributed by atoms with E-state index in [2.05, 4.69) is 16.4 Å². The number of aryl methyl sites for hydroxylation is 1. The Hall–Kier alpha value is -3.54. The number of carbonyl (C=O) groups is 1. The average Bonchev–Trinajstić information content (AvgIpc) is 2.79. The van der Waals surface area contributed by atoms with Gasteiger partial charge in [0.1, 0.15) is 17.2 Å². The Morgan fingerprint density at radius 1 is 1.07 bits per heavy atom. The molecule has 1 aromatic heterocycles. The summed E-state index contributed by atoms with van der Waals surface area (Å²) in [5.74, 6) is 1.30. The van der Waals surface area contributed by atoms with Gasteiger partial charge in [-0.25, -0.2) is 4.98 Å². The summed E-state index contributed by atoms with van der Waals surface area (Å²) in [6.07, 6.45) is 3.62. The van der Waals surface area contributed by atoms with Crippen LogP contribution in [0.15, 0.2) is 60.8 Å². The van der Waals surface area contributed by atoms with Crippen LogP contribution in [-0.2, 0) is 6.42 Å². The maximum atomic E-state index is 13.0. The Morgan fingerprint density at radius 3 is 2.69 bits per heavy atom. The molecule has 0 fully saturated rings. The Bertz CT molecular complexity index is 1020. The molecule has 0 saturated carbocycles. The first kappa shape index (κ1) is 18.8. The lowest BCUT2D eigenvalue weighted by molar-refractivity contribution is 0.0980. The predicted octanol–water partition coefficient (Wildman–Crippen LogP) is 4.44. The number of ether oxygens (including phenoxy) is 2. The number of aromatic nitrogens is 1. The number of para-hydroxylation sites is 1. The van der Waals surface area contributed by atoms with E-state index < -0.39 is 0 Å². The van der Waals surface area contributed by atoms with Gasteiger partial charge in [-0.1, -0.05) is 18.2 Å². The minimum atomic E-state index is -0.0780. The molecule has 1 aliphatic rings. The fourth-order valence-electron chi connectivity index (χ4n) is 3.53. The van der Waals surface area contributed by atoms with Crippen molar-refractivity contribution >= 4 is 23.0 Å². The second-order valence-corrected chi connectivity index (χ2v) is 6.81. The third-order valence-corrected chi connectivity index (χ3v) is 5.03. The van der Waals surface area contributed by atoms with Crippen molar-refractivity contribution < 1.29 is 14.3 Å². The van der Waals surface area contributed by atoms with Gasteiger partial charge in [-0.05, 0) is 48.7 Å². The van der Waals surface area contributed by atoms with Crippen molar-refractivity contribution in [1.29, 1.82) is 0 Å². The Balaban J connectivity index is 1.52. The number of hydrogen-bond acceptors (Lipinski definition) is 5. The highest BCUT2D eigenvalue weighted by atomic mass is 16.5. The number of nitrogens with zero attached hydrogens (tertiary/aromatic N) is 2. The van der Waals surface area contributed by atoms with Crippen LogP contribution in [0, 0.1) is 0 Å². The minimum absolute atomic E-state index is 0.0780. The van der Waals surface area contributed by atoms with E-state index in [1.165, 1.54) is 5.56 Å². The maximum absolute atomic E-state index is 13.0. The van der Waals surface area contributed by atoms with Crippen molar-refractivity contribution in [3.8, 4) is 11.5 Å². The van der Waals surface area contributed by atoms with Crippen molar-refractivity contribution in [1.82, 2.24) is 4.98 Å². The molecule has 0 unspecified atom stereocenters. The van der Waals surface area contributed by atoms with Gasteiger partial charge in [-0.3, -0.25) is 4.79 Å². The van der Waals surface area contributed by atoms with Gasteiger partial charge in [0.2, 0.25) is 0 Å². The number of hydrogen-bond donors (Lipinski definition) is 1. The van der Waals surface area contributed by atoms with Gasteiger partial charge in [0.15, 0.2) is 0 Å². The summed E-state index contributed by atoms with van der Waals surface area (Å²) >= 11 is 0. The number of fused-ring (bicyclic) bond motifs is 1. The molecular formula is C23H23N3O3. The quantitative estimate of drug-likeness (QED) is 0.699. The van der Waals surface area contributed by atoms with E-state index in [1.807, 2.05) is 47.4 Å². The molecule has 148 valence electrons. The molecule has 0 spiro atoms. The number of pyridine rings is 1. The molecule has 0 bridgehead atoms.